The molecule has 9 heteroatoms. The lowest BCUT2D eigenvalue weighted by Crippen LogP contribution is -2.39. The minimum Gasteiger partial charge on any atom is -0.497 e. The zero-order chi connectivity index (χ0) is 24.9. The Balaban J connectivity index is 1.61. The van der Waals surface area contributed by atoms with Crippen molar-refractivity contribution < 1.29 is 23.8 Å². The average Bonchev–Trinajstić information content (AvgIpc) is 3.58. The van der Waals surface area contributed by atoms with E-state index in [2.05, 4.69) is 5.10 Å². The molecule has 0 saturated carbocycles. The van der Waals surface area contributed by atoms with E-state index >= 15 is 0 Å². The number of hydrogen-bond donors (Lipinski definition) is 0. The van der Waals surface area contributed by atoms with Gasteiger partial charge in [-0.3, -0.25) is 9.59 Å². The first-order chi connectivity index (χ1) is 16.9. The van der Waals surface area contributed by atoms with Crippen LogP contribution in [-0.2, 0) is 4.79 Å². The fraction of sp³-hybridized carbons (Fsp3) is 0.269. The van der Waals surface area contributed by atoms with Crippen molar-refractivity contribution in [2.45, 2.75) is 12.5 Å². The van der Waals surface area contributed by atoms with E-state index in [1.54, 1.807) is 64.0 Å². The van der Waals surface area contributed by atoms with Gasteiger partial charge in [0.15, 0.2) is 0 Å². The molecule has 0 spiro atoms. The summed E-state index contributed by atoms with van der Waals surface area (Å²) >= 11 is 1.57. The summed E-state index contributed by atoms with van der Waals surface area (Å²) in [7, 11) is 6.35. The zero-order valence-corrected chi connectivity index (χ0v) is 20.9. The summed E-state index contributed by atoms with van der Waals surface area (Å²) in [6.07, 6.45) is 0.520. The number of carbonyl (C=O) groups excluding carboxylic acids is 2. The molecule has 4 rings (SSSR count). The molecule has 1 aromatic heterocycles. The number of hydrogen-bond acceptors (Lipinski definition) is 7. The van der Waals surface area contributed by atoms with E-state index in [1.165, 1.54) is 9.91 Å². The number of ether oxygens (including phenoxy) is 3. The summed E-state index contributed by atoms with van der Waals surface area (Å²) in [6.45, 7) is -0.130. The van der Waals surface area contributed by atoms with Gasteiger partial charge in [-0.2, -0.15) is 5.10 Å². The van der Waals surface area contributed by atoms with Crippen LogP contribution in [0.1, 0.15) is 33.3 Å². The third kappa shape index (κ3) is 5.14. The van der Waals surface area contributed by atoms with Crippen LogP contribution in [0.25, 0.3) is 0 Å². The first-order valence-corrected chi connectivity index (χ1v) is 11.9. The van der Waals surface area contributed by atoms with E-state index in [9.17, 15) is 9.59 Å². The molecule has 1 atom stereocenters. The summed E-state index contributed by atoms with van der Waals surface area (Å²) in [6, 6.07) is 15.8. The van der Waals surface area contributed by atoms with Crippen molar-refractivity contribution in [1.29, 1.82) is 0 Å². The molecule has 1 aliphatic heterocycles. The Morgan fingerprint density at radius 3 is 2.37 bits per heavy atom. The fourth-order valence-electron chi connectivity index (χ4n) is 3.98. The topological polar surface area (TPSA) is 80.7 Å². The van der Waals surface area contributed by atoms with Crippen LogP contribution < -0.4 is 14.2 Å². The van der Waals surface area contributed by atoms with Gasteiger partial charge in [0.25, 0.3) is 11.8 Å². The summed E-state index contributed by atoms with van der Waals surface area (Å²) in [5.41, 5.74) is 2.07. The smallest absolute Gasteiger partial charge is 0.262 e. The number of thiophene rings is 1. The Morgan fingerprint density at radius 2 is 1.74 bits per heavy atom. The maximum absolute atomic E-state index is 13.5. The quantitative estimate of drug-likeness (QED) is 0.469. The number of rotatable bonds is 8. The standard InChI is InChI=1S/C26H27N3O5S/c1-28(26(31)17-7-9-18(32-2)10-8-17)16-25(30)29-22(15-21(27-29)24-6-5-13-35-24)20-14-19(33-3)11-12-23(20)34-4/h5-14,22H,15-16H2,1-4H3/t22-/m0/s1. The largest absolute Gasteiger partial charge is 0.497 e. The molecule has 0 unspecified atom stereocenters. The van der Waals surface area contributed by atoms with E-state index in [0.717, 1.165) is 16.2 Å². The lowest BCUT2D eigenvalue weighted by atomic mass is 9.99. The monoisotopic (exact) mass is 493 g/mol. The molecule has 2 aromatic carbocycles. The molecule has 2 heterocycles. The minimum atomic E-state index is -0.394. The van der Waals surface area contributed by atoms with Crippen molar-refractivity contribution in [2.24, 2.45) is 5.10 Å². The highest BCUT2D eigenvalue weighted by molar-refractivity contribution is 7.12. The third-order valence-corrected chi connectivity index (χ3v) is 6.74. The molecule has 0 N–H and O–H groups in total. The predicted octanol–water partition coefficient (Wildman–Crippen LogP) is 4.22. The number of hydrazone groups is 1. The van der Waals surface area contributed by atoms with Crippen LogP contribution in [0.5, 0.6) is 17.2 Å². The second-order valence-electron chi connectivity index (χ2n) is 7.98. The number of carbonyl (C=O) groups is 2. The molecule has 0 aliphatic carbocycles. The number of likely N-dealkylation sites (N-methyl/N-ethyl adjacent to an activating group) is 1. The molecular weight excluding hydrogens is 466 g/mol. The molecule has 182 valence electrons. The second-order valence-corrected chi connectivity index (χ2v) is 8.93. The molecule has 3 aromatic rings. The molecule has 0 fully saturated rings. The Labute approximate surface area is 208 Å². The van der Waals surface area contributed by atoms with Gasteiger partial charge in [0.2, 0.25) is 0 Å². The number of amides is 2. The lowest BCUT2D eigenvalue weighted by Gasteiger charge is -2.26. The van der Waals surface area contributed by atoms with Gasteiger partial charge in [0.1, 0.15) is 23.8 Å². The van der Waals surface area contributed by atoms with E-state index in [-0.39, 0.29) is 18.4 Å². The molecular formula is C26H27N3O5S. The Bertz CT molecular complexity index is 1220. The molecule has 1 aliphatic rings. The number of benzene rings is 2. The number of methoxy groups -OCH3 is 3. The maximum atomic E-state index is 13.5. The van der Waals surface area contributed by atoms with Crippen molar-refractivity contribution in [3.63, 3.8) is 0 Å². The van der Waals surface area contributed by atoms with Gasteiger partial charge in [-0.1, -0.05) is 6.07 Å². The van der Waals surface area contributed by atoms with E-state index in [1.807, 2.05) is 35.7 Å². The normalized spacial score (nSPS) is 14.9. The van der Waals surface area contributed by atoms with E-state index in [4.69, 9.17) is 14.2 Å². The summed E-state index contributed by atoms with van der Waals surface area (Å²) in [4.78, 5) is 28.8. The SMILES string of the molecule is COc1ccc(C(=O)N(C)CC(=O)N2N=C(c3cccs3)C[C@H]2c2cc(OC)ccc2OC)cc1. The van der Waals surface area contributed by atoms with Crippen LogP contribution in [0.3, 0.4) is 0 Å². The van der Waals surface area contributed by atoms with E-state index < -0.39 is 6.04 Å². The maximum Gasteiger partial charge on any atom is 0.262 e. The van der Waals surface area contributed by atoms with Crippen molar-refractivity contribution in [3.8, 4) is 17.2 Å². The van der Waals surface area contributed by atoms with Crippen LogP contribution in [0, 0.1) is 0 Å². The average molecular weight is 494 g/mol. The predicted molar refractivity (Wildman–Crippen MR) is 135 cm³/mol. The summed E-state index contributed by atoms with van der Waals surface area (Å²) < 4.78 is 16.2. The summed E-state index contributed by atoms with van der Waals surface area (Å²) in [5, 5.41) is 8.13. The molecule has 35 heavy (non-hydrogen) atoms. The van der Waals surface area contributed by atoms with Crippen LogP contribution in [0.15, 0.2) is 65.1 Å². The third-order valence-electron chi connectivity index (χ3n) is 5.82. The van der Waals surface area contributed by atoms with Crippen LogP contribution >= 0.6 is 11.3 Å². The summed E-state index contributed by atoms with van der Waals surface area (Å²) in [5.74, 6) is 1.39. The van der Waals surface area contributed by atoms with Gasteiger partial charge >= 0.3 is 0 Å². The van der Waals surface area contributed by atoms with Gasteiger partial charge in [0.05, 0.1) is 38.0 Å². The van der Waals surface area contributed by atoms with Gasteiger partial charge in [-0.25, -0.2) is 5.01 Å². The highest BCUT2D eigenvalue weighted by Gasteiger charge is 2.36. The zero-order valence-electron chi connectivity index (χ0n) is 20.1. The van der Waals surface area contributed by atoms with E-state index in [0.29, 0.717) is 29.2 Å². The lowest BCUT2D eigenvalue weighted by molar-refractivity contribution is -0.133. The minimum absolute atomic E-state index is 0.130. The van der Waals surface area contributed by atoms with Crippen molar-refractivity contribution in [2.75, 3.05) is 34.9 Å². The van der Waals surface area contributed by atoms with Crippen LogP contribution in [0.4, 0.5) is 0 Å². The van der Waals surface area contributed by atoms with Crippen molar-refractivity contribution in [1.82, 2.24) is 9.91 Å². The highest BCUT2D eigenvalue weighted by Crippen LogP contribution is 2.39. The van der Waals surface area contributed by atoms with Crippen molar-refractivity contribution in [3.05, 3.63) is 76.0 Å². The molecule has 0 radical (unpaired) electrons. The Morgan fingerprint density at radius 1 is 1.03 bits per heavy atom. The van der Waals surface area contributed by atoms with Crippen LogP contribution in [0.2, 0.25) is 0 Å². The Kier molecular flexibility index (Phi) is 7.36. The molecule has 0 saturated heterocycles. The Hall–Kier alpha value is -3.85. The highest BCUT2D eigenvalue weighted by atomic mass is 32.1. The molecule has 0 bridgehead atoms. The van der Waals surface area contributed by atoms with Gasteiger partial charge < -0.3 is 19.1 Å². The fourth-order valence-corrected chi connectivity index (χ4v) is 4.70. The molecule has 8 nitrogen and oxygen atoms in total. The first kappa shape index (κ1) is 24.3. The van der Waals surface area contributed by atoms with Crippen LogP contribution in [-0.4, -0.2) is 62.4 Å². The first-order valence-electron chi connectivity index (χ1n) is 11.0. The van der Waals surface area contributed by atoms with Gasteiger partial charge in [0, 0.05) is 24.6 Å². The van der Waals surface area contributed by atoms with Gasteiger partial charge in [-0.05, 0) is 53.9 Å². The second kappa shape index (κ2) is 10.6. The van der Waals surface area contributed by atoms with Crippen molar-refractivity contribution >= 4 is 28.9 Å². The molecule has 2 amide bonds. The number of nitrogens with zero attached hydrogens (tertiary/aromatic N) is 3. The van der Waals surface area contributed by atoms with Gasteiger partial charge in [-0.15, -0.1) is 11.3 Å².